The van der Waals surface area contributed by atoms with E-state index >= 15 is 0 Å². The number of amides is 3. The van der Waals surface area contributed by atoms with Gasteiger partial charge in [-0.05, 0) is 18.6 Å². The lowest BCUT2D eigenvalue weighted by atomic mass is 10.2. The quantitative estimate of drug-likeness (QED) is 0.732. The van der Waals surface area contributed by atoms with Crippen LogP contribution < -0.4 is 5.32 Å². The fraction of sp³-hybridized carbons (Fsp3) is 0.429. The van der Waals surface area contributed by atoms with Crippen LogP contribution in [0.1, 0.15) is 33.7 Å². The third-order valence-corrected chi connectivity index (χ3v) is 5.66. The van der Waals surface area contributed by atoms with E-state index in [1.54, 1.807) is 6.07 Å². The van der Waals surface area contributed by atoms with Gasteiger partial charge in [0, 0.05) is 25.2 Å². The van der Waals surface area contributed by atoms with Crippen molar-refractivity contribution in [2.24, 2.45) is 0 Å². The average Bonchev–Trinajstić information content (AvgIpc) is 2.96. The van der Waals surface area contributed by atoms with Gasteiger partial charge in [0.1, 0.15) is 5.69 Å². The lowest BCUT2D eigenvalue weighted by Crippen LogP contribution is -2.39. The highest BCUT2D eigenvalue weighted by Gasteiger charge is 2.36. The van der Waals surface area contributed by atoms with Crippen LogP contribution in [0.5, 0.6) is 0 Å². The topological polar surface area (TPSA) is 114 Å². The summed E-state index contributed by atoms with van der Waals surface area (Å²) in [6, 6.07) is 2.70. The van der Waals surface area contributed by atoms with Crippen molar-refractivity contribution in [3.8, 4) is 0 Å². The van der Waals surface area contributed by atoms with Crippen molar-refractivity contribution in [2.75, 3.05) is 18.1 Å². The van der Waals surface area contributed by atoms with E-state index in [0.717, 1.165) is 4.90 Å². The van der Waals surface area contributed by atoms with Crippen molar-refractivity contribution in [2.45, 2.75) is 18.9 Å². The van der Waals surface area contributed by atoms with E-state index in [1.165, 1.54) is 12.3 Å². The summed E-state index contributed by atoms with van der Waals surface area (Å²) in [4.78, 5) is 40.9. The maximum absolute atomic E-state index is 12.1. The number of carbonyl (C=O) groups is 3. The number of nitrogens with one attached hydrogen (secondary N) is 1. The minimum atomic E-state index is -3.07. The second-order valence-corrected chi connectivity index (χ2v) is 7.81. The van der Waals surface area contributed by atoms with Gasteiger partial charge in [-0.2, -0.15) is 0 Å². The van der Waals surface area contributed by atoms with Gasteiger partial charge in [0.05, 0.1) is 17.1 Å². The molecule has 1 aromatic rings. The molecule has 3 rings (SSSR count). The van der Waals surface area contributed by atoms with Crippen LogP contribution in [0.3, 0.4) is 0 Å². The fourth-order valence-corrected chi connectivity index (χ4v) is 4.41. The Bertz CT molecular complexity index is 754. The van der Waals surface area contributed by atoms with Crippen LogP contribution in [0.4, 0.5) is 0 Å². The molecule has 122 valence electrons. The molecule has 9 heteroatoms. The van der Waals surface area contributed by atoms with Crippen LogP contribution >= 0.6 is 0 Å². The highest BCUT2D eigenvalue weighted by molar-refractivity contribution is 7.91. The first-order chi connectivity index (χ1) is 10.9. The molecule has 0 bridgehead atoms. The largest absolute Gasteiger partial charge is 0.352 e. The van der Waals surface area contributed by atoms with Crippen LogP contribution in [-0.4, -0.2) is 60.1 Å². The minimum absolute atomic E-state index is 0.0562. The van der Waals surface area contributed by atoms with E-state index in [4.69, 9.17) is 0 Å². The van der Waals surface area contributed by atoms with E-state index in [2.05, 4.69) is 10.3 Å². The van der Waals surface area contributed by atoms with Gasteiger partial charge < -0.3 is 5.32 Å². The van der Waals surface area contributed by atoms with Gasteiger partial charge in [-0.15, -0.1) is 0 Å². The zero-order valence-electron chi connectivity index (χ0n) is 12.2. The van der Waals surface area contributed by atoms with Crippen molar-refractivity contribution in [3.63, 3.8) is 0 Å². The summed E-state index contributed by atoms with van der Waals surface area (Å²) >= 11 is 0. The van der Waals surface area contributed by atoms with Gasteiger partial charge in [-0.1, -0.05) is 0 Å². The monoisotopic (exact) mass is 337 g/mol. The summed E-state index contributed by atoms with van der Waals surface area (Å²) in [7, 11) is -3.07. The molecule has 0 aromatic carbocycles. The fourth-order valence-electron chi connectivity index (χ4n) is 2.74. The molecule has 0 spiro atoms. The second-order valence-electron chi connectivity index (χ2n) is 5.58. The number of carbonyl (C=O) groups excluding carboxylic acids is 3. The first kappa shape index (κ1) is 15.6. The second kappa shape index (κ2) is 5.73. The SMILES string of the molecule is O=C(CCN1C(=O)c2cccnc2C1=O)NC1CCS(=O)(=O)C1. The molecule has 1 N–H and O–H groups in total. The number of imide groups is 1. The van der Waals surface area contributed by atoms with Crippen LogP contribution in [-0.2, 0) is 14.6 Å². The molecule has 1 saturated heterocycles. The highest BCUT2D eigenvalue weighted by atomic mass is 32.2. The molecule has 3 heterocycles. The Morgan fingerprint density at radius 1 is 1.35 bits per heavy atom. The van der Waals surface area contributed by atoms with Crippen molar-refractivity contribution >= 4 is 27.6 Å². The zero-order chi connectivity index (χ0) is 16.6. The minimum Gasteiger partial charge on any atom is -0.352 e. The molecule has 0 saturated carbocycles. The van der Waals surface area contributed by atoms with Crippen molar-refractivity contribution < 1.29 is 22.8 Å². The molecule has 1 fully saturated rings. The number of sulfone groups is 1. The maximum Gasteiger partial charge on any atom is 0.280 e. The number of fused-ring (bicyclic) bond motifs is 1. The van der Waals surface area contributed by atoms with E-state index in [-0.39, 0.29) is 41.6 Å². The summed E-state index contributed by atoms with van der Waals surface area (Å²) in [6.45, 7) is -0.0562. The Balaban J connectivity index is 1.56. The van der Waals surface area contributed by atoms with Gasteiger partial charge in [0.2, 0.25) is 5.91 Å². The van der Waals surface area contributed by atoms with Gasteiger partial charge in [-0.3, -0.25) is 24.3 Å². The molecule has 1 aromatic heterocycles. The van der Waals surface area contributed by atoms with Gasteiger partial charge in [0.25, 0.3) is 11.8 Å². The third kappa shape index (κ3) is 3.09. The van der Waals surface area contributed by atoms with E-state index < -0.39 is 27.7 Å². The number of nitrogens with zero attached hydrogens (tertiary/aromatic N) is 2. The third-order valence-electron chi connectivity index (χ3n) is 3.89. The van der Waals surface area contributed by atoms with Gasteiger partial charge >= 0.3 is 0 Å². The zero-order valence-corrected chi connectivity index (χ0v) is 13.0. The predicted octanol–water partition coefficient (Wildman–Crippen LogP) is -0.629. The Hall–Kier alpha value is -2.29. The van der Waals surface area contributed by atoms with E-state index in [0.29, 0.717) is 6.42 Å². The first-order valence-corrected chi connectivity index (χ1v) is 9.00. The predicted molar refractivity (Wildman–Crippen MR) is 79.4 cm³/mol. The summed E-state index contributed by atoms with van der Waals surface area (Å²) in [5, 5.41) is 2.63. The Kier molecular flexibility index (Phi) is 3.88. The summed E-state index contributed by atoms with van der Waals surface area (Å²) in [6.07, 6.45) is 1.76. The van der Waals surface area contributed by atoms with Crippen LogP contribution in [0, 0.1) is 0 Å². The Morgan fingerprint density at radius 2 is 2.13 bits per heavy atom. The average molecular weight is 337 g/mol. The lowest BCUT2D eigenvalue weighted by Gasteiger charge is -2.15. The molecule has 2 aliphatic rings. The molecular formula is C14H15N3O5S. The lowest BCUT2D eigenvalue weighted by molar-refractivity contribution is -0.121. The molecular weight excluding hydrogens is 322 g/mol. The smallest absolute Gasteiger partial charge is 0.280 e. The molecule has 1 atom stereocenters. The molecule has 0 radical (unpaired) electrons. The van der Waals surface area contributed by atoms with Crippen molar-refractivity contribution in [1.29, 1.82) is 0 Å². The highest BCUT2D eigenvalue weighted by Crippen LogP contribution is 2.20. The molecule has 0 aliphatic carbocycles. The Morgan fingerprint density at radius 3 is 2.78 bits per heavy atom. The van der Waals surface area contributed by atoms with Crippen molar-refractivity contribution in [3.05, 3.63) is 29.6 Å². The number of aromatic nitrogens is 1. The molecule has 8 nitrogen and oxygen atoms in total. The van der Waals surface area contributed by atoms with E-state index in [9.17, 15) is 22.8 Å². The number of hydrogen-bond acceptors (Lipinski definition) is 6. The summed E-state index contributed by atoms with van der Waals surface area (Å²) < 4.78 is 22.7. The van der Waals surface area contributed by atoms with E-state index in [1.807, 2.05) is 0 Å². The van der Waals surface area contributed by atoms with Gasteiger partial charge in [-0.25, -0.2) is 8.42 Å². The molecule has 23 heavy (non-hydrogen) atoms. The van der Waals surface area contributed by atoms with Crippen molar-refractivity contribution in [1.82, 2.24) is 15.2 Å². The van der Waals surface area contributed by atoms with Crippen LogP contribution in [0.15, 0.2) is 18.3 Å². The maximum atomic E-state index is 12.1. The number of hydrogen-bond donors (Lipinski definition) is 1. The summed E-state index contributed by atoms with van der Waals surface area (Å²) in [5.41, 5.74) is 0.333. The van der Waals surface area contributed by atoms with Gasteiger partial charge in [0.15, 0.2) is 9.84 Å². The number of pyridine rings is 1. The molecule has 3 amide bonds. The summed E-state index contributed by atoms with van der Waals surface area (Å²) in [5.74, 6) is -1.34. The first-order valence-electron chi connectivity index (χ1n) is 7.18. The Labute approximate surface area is 132 Å². The molecule has 2 aliphatic heterocycles. The number of rotatable bonds is 4. The normalized spacial score (nSPS) is 22.3. The molecule has 1 unspecified atom stereocenters. The van der Waals surface area contributed by atoms with Crippen LogP contribution in [0.25, 0.3) is 0 Å². The standard InChI is InChI=1S/C14H15N3O5S/c18-11(16-9-4-7-23(21,22)8-9)3-6-17-13(19)10-2-1-5-15-12(10)14(17)20/h1-2,5,9H,3-4,6-8H2,(H,16,18). The van der Waals surface area contributed by atoms with Crippen LogP contribution in [0.2, 0.25) is 0 Å².